The molecule has 0 aromatic heterocycles. The largest absolute Gasteiger partial charge is 0.322 e. The Morgan fingerprint density at radius 2 is 1.44 bits per heavy atom. The lowest BCUT2D eigenvalue weighted by molar-refractivity contribution is 0.102. The molecular weight excluding hydrogens is 448 g/mol. The molecule has 0 aliphatic carbocycles. The van der Waals surface area contributed by atoms with Crippen LogP contribution in [0.3, 0.4) is 0 Å². The average molecular weight is 479 g/mol. The third-order valence-corrected chi connectivity index (χ3v) is 6.77. The van der Waals surface area contributed by atoms with Crippen LogP contribution in [0.5, 0.6) is 0 Å². The van der Waals surface area contributed by atoms with Crippen LogP contribution in [0.1, 0.15) is 59.5 Å². The molecule has 0 heterocycles. The highest BCUT2D eigenvalue weighted by Gasteiger charge is 2.17. The highest BCUT2D eigenvalue weighted by molar-refractivity contribution is 7.92. The SMILES string of the molecule is CCN(c1ccc(C(=O)Nc2cccc(C(=O)c3ccc(C(C)(C)C)cc3)c2)cc1)S(C)(=O)=O. The van der Waals surface area contributed by atoms with Crippen molar-refractivity contribution < 1.29 is 18.0 Å². The van der Waals surface area contributed by atoms with Gasteiger partial charge in [-0.15, -0.1) is 0 Å². The van der Waals surface area contributed by atoms with Crippen LogP contribution in [0.2, 0.25) is 0 Å². The number of hydrogen-bond acceptors (Lipinski definition) is 4. The molecule has 7 heteroatoms. The highest BCUT2D eigenvalue weighted by atomic mass is 32.2. The molecule has 0 fully saturated rings. The van der Waals surface area contributed by atoms with Gasteiger partial charge >= 0.3 is 0 Å². The number of hydrogen-bond donors (Lipinski definition) is 1. The van der Waals surface area contributed by atoms with Gasteiger partial charge in [0.1, 0.15) is 0 Å². The van der Waals surface area contributed by atoms with Gasteiger partial charge in [0.25, 0.3) is 5.91 Å². The number of benzene rings is 3. The lowest BCUT2D eigenvalue weighted by atomic mass is 9.86. The lowest BCUT2D eigenvalue weighted by Gasteiger charge is -2.20. The van der Waals surface area contributed by atoms with Gasteiger partial charge in [-0.2, -0.15) is 0 Å². The van der Waals surface area contributed by atoms with Crippen LogP contribution in [0.4, 0.5) is 11.4 Å². The van der Waals surface area contributed by atoms with Crippen molar-refractivity contribution in [3.05, 3.63) is 95.1 Å². The first-order valence-electron chi connectivity index (χ1n) is 11.0. The van der Waals surface area contributed by atoms with E-state index in [1.807, 2.05) is 24.3 Å². The molecule has 1 N–H and O–H groups in total. The van der Waals surface area contributed by atoms with Crippen molar-refractivity contribution in [2.24, 2.45) is 0 Å². The summed E-state index contributed by atoms with van der Waals surface area (Å²) in [4.78, 5) is 25.7. The summed E-state index contributed by atoms with van der Waals surface area (Å²) in [6.07, 6.45) is 1.14. The summed E-state index contributed by atoms with van der Waals surface area (Å²) in [6.45, 7) is 8.40. The maximum Gasteiger partial charge on any atom is 0.255 e. The van der Waals surface area contributed by atoms with E-state index in [9.17, 15) is 18.0 Å². The molecule has 0 saturated carbocycles. The molecule has 0 unspecified atom stereocenters. The van der Waals surface area contributed by atoms with Gasteiger partial charge in [-0.25, -0.2) is 8.42 Å². The fourth-order valence-corrected chi connectivity index (χ4v) is 4.59. The van der Waals surface area contributed by atoms with Crippen molar-refractivity contribution >= 4 is 33.1 Å². The number of nitrogens with zero attached hydrogens (tertiary/aromatic N) is 1. The van der Waals surface area contributed by atoms with E-state index in [0.717, 1.165) is 11.8 Å². The molecule has 3 aromatic carbocycles. The number of anilines is 2. The monoisotopic (exact) mass is 478 g/mol. The first-order chi connectivity index (χ1) is 15.9. The molecule has 0 spiro atoms. The summed E-state index contributed by atoms with van der Waals surface area (Å²) in [5.74, 6) is -0.477. The second-order valence-electron chi connectivity index (χ2n) is 9.17. The Morgan fingerprint density at radius 3 is 1.97 bits per heavy atom. The van der Waals surface area contributed by atoms with Gasteiger partial charge in [0.15, 0.2) is 5.78 Å². The molecule has 6 nitrogen and oxygen atoms in total. The van der Waals surface area contributed by atoms with E-state index >= 15 is 0 Å². The summed E-state index contributed by atoms with van der Waals surface area (Å²) < 4.78 is 25.0. The molecule has 0 atom stereocenters. The average Bonchev–Trinajstić information content (AvgIpc) is 2.78. The molecule has 3 aromatic rings. The summed E-state index contributed by atoms with van der Waals surface area (Å²) in [6, 6.07) is 20.7. The van der Waals surface area contributed by atoms with Crippen LogP contribution in [0.15, 0.2) is 72.8 Å². The fourth-order valence-electron chi connectivity index (χ4n) is 3.62. The predicted octanol–water partition coefficient (Wildman–Crippen LogP) is 5.25. The van der Waals surface area contributed by atoms with E-state index < -0.39 is 10.0 Å². The molecular formula is C27H30N2O4S. The number of carbonyl (C=O) groups excluding carboxylic acids is 2. The standard InChI is InChI=1S/C27H30N2O4S/c1-6-29(34(5,32)33)24-16-12-20(13-17-24)26(31)28-23-9-7-8-21(18-23)25(30)19-10-14-22(15-11-19)27(2,3)4/h7-18H,6H2,1-5H3,(H,28,31). The predicted molar refractivity (Wildman–Crippen MR) is 137 cm³/mol. The van der Waals surface area contributed by atoms with Gasteiger partial charge in [-0.05, 0) is 54.3 Å². The Balaban J connectivity index is 1.75. The van der Waals surface area contributed by atoms with Crippen molar-refractivity contribution in [3.63, 3.8) is 0 Å². The Morgan fingerprint density at radius 1 is 0.853 bits per heavy atom. The molecule has 0 aliphatic rings. The van der Waals surface area contributed by atoms with Crippen molar-refractivity contribution in [1.82, 2.24) is 0 Å². The Bertz CT molecular complexity index is 1290. The van der Waals surface area contributed by atoms with Crippen LogP contribution in [0.25, 0.3) is 0 Å². The Labute approximate surface area is 201 Å². The molecule has 0 radical (unpaired) electrons. The van der Waals surface area contributed by atoms with E-state index in [0.29, 0.717) is 34.6 Å². The maximum absolute atomic E-state index is 13.0. The topological polar surface area (TPSA) is 83.6 Å². The zero-order valence-electron chi connectivity index (χ0n) is 20.1. The number of nitrogens with one attached hydrogen (secondary N) is 1. The van der Waals surface area contributed by atoms with Crippen molar-refractivity contribution in [1.29, 1.82) is 0 Å². The van der Waals surface area contributed by atoms with E-state index in [4.69, 9.17) is 0 Å². The molecule has 3 rings (SSSR count). The lowest BCUT2D eigenvalue weighted by Crippen LogP contribution is -2.29. The zero-order valence-corrected chi connectivity index (χ0v) is 20.9. The maximum atomic E-state index is 13.0. The second kappa shape index (κ2) is 9.81. The van der Waals surface area contributed by atoms with Crippen molar-refractivity contribution in [3.8, 4) is 0 Å². The van der Waals surface area contributed by atoms with Crippen LogP contribution in [-0.2, 0) is 15.4 Å². The number of rotatable bonds is 7. The number of sulfonamides is 1. The summed E-state index contributed by atoms with van der Waals surface area (Å²) >= 11 is 0. The number of ketones is 1. The minimum Gasteiger partial charge on any atom is -0.322 e. The highest BCUT2D eigenvalue weighted by Crippen LogP contribution is 2.24. The second-order valence-corrected chi connectivity index (χ2v) is 11.1. The number of carbonyl (C=O) groups is 2. The quantitative estimate of drug-likeness (QED) is 0.470. The van der Waals surface area contributed by atoms with Gasteiger partial charge in [0.05, 0.1) is 11.9 Å². The fraction of sp³-hybridized carbons (Fsp3) is 0.259. The minimum absolute atomic E-state index is 0.00357. The smallest absolute Gasteiger partial charge is 0.255 e. The number of amides is 1. The van der Waals surface area contributed by atoms with Crippen LogP contribution < -0.4 is 9.62 Å². The van der Waals surface area contributed by atoms with Gasteiger partial charge in [-0.1, -0.05) is 57.2 Å². The van der Waals surface area contributed by atoms with E-state index in [1.165, 1.54) is 4.31 Å². The van der Waals surface area contributed by atoms with Gasteiger partial charge < -0.3 is 5.32 Å². The molecule has 1 amide bonds. The normalized spacial score (nSPS) is 11.7. The van der Waals surface area contributed by atoms with Crippen LogP contribution >= 0.6 is 0 Å². The first kappa shape index (κ1) is 25.2. The summed E-state index contributed by atoms with van der Waals surface area (Å²) in [5.41, 5.74) is 3.58. The summed E-state index contributed by atoms with van der Waals surface area (Å²) in [5, 5.41) is 2.80. The molecule has 34 heavy (non-hydrogen) atoms. The molecule has 0 bridgehead atoms. The third kappa shape index (κ3) is 5.91. The zero-order chi connectivity index (χ0) is 25.1. The van der Waals surface area contributed by atoms with Crippen molar-refractivity contribution in [2.45, 2.75) is 33.1 Å². The van der Waals surface area contributed by atoms with Crippen molar-refractivity contribution in [2.75, 3.05) is 22.4 Å². The van der Waals surface area contributed by atoms with E-state index in [1.54, 1.807) is 55.5 Å². The summed E-state index contributed by atoms with van der Waals surface area (Å²) in [7, 11) is -3.39. The molecule has 0 saturated heterocycles. The van der Waals surface area contributed by atoms with E-state index in [2.05, 4.69) is 26.1 Å². The Kier molecular flexibility index (Phi) is 7.26. The Hall–Kier alpha value is -3.45. The molecule has 0 aliphatic heterocycles. The van der Waals surface area contributed by atoms with Crippen LogP contribution in [0, 0.1) is 0 Å². The molecule has 178 valence electrons. The van der Waals surface area contributed by atoms with Gasteiger partial charge in [0, 0.05) is 28.9 Å². The van der Waals surface area contributed by atoms with Gasteiger partial charge in [0.2, 0.25) is 10.0 Å². The van der Waals surface area contributed by atoms with E-state index in [-0.39, 0.29) is 17.1 Å². The minimum atomic E-state index is -3.39. The third-order valence-electron chi connectivity index (χ3n) is 5.50. The van der Waals surface area contributed by atoms with Gasteiger partial charge in [-0.3, -0.25) is 13.9 Å². The van der Waals surface area contributed by atoms with Crippen LogP contribution in [-0.4, -0.2) is 32.9 Å². The first-order valence-corrected chi connectivity index (χ1v) is 12.9.